The van der Waals surface area contributed by atoms with Crippen LogP contribution >= 0.6 is 23.4 Å². The lowest BCUT2D eigenvalue weighted by Crippen LogP contribution is -1.84. The van der Waals surface area contributed by atoms with E-state index in [9.17, 15) is 4.39 Å². The molecule has 0 aliphatic rings. The predicted octanol–water partition coefficient (Wildman–Crippen LogP) is 4.21. The first-order valence-corrected chi connectivity index (χ1v) is 5.83. The first-order valence-electron chi connectivity index (χ1n) is 4.63. The van der Waals surface area contributed by atoms with E-state index in [-0.39, 0.29) is 5.82 Å². The van der Waals surface area contributed by atoms with Crippen molar-refractivity contribution in [1.82, 2.24) is 0 Å². The summed E-state index contributed by atoms with van der Waals surface area (Å²) in [5.74, 6) is -0.311. The molecule has 1 nitrogen and oxygen atoms in total. The van der Waals surface area contributed by atoms with E-state index in [1.54, 1.807) is 24.3 Å². The fourth-order valence-electron chi connectivity index (χ4n) is 1.22. The first-order chi connectivity index (χ1) is 7.65. The predicted molar refractivity (Wildman–Crippen MR) is 66.4 cm³/mol. The standard InChI is InChI=1S/C12H9ClFNS/c13-8-1-6-12(11(14)7-8)16-10-4-2-9(15)3-5-10/h1-7H,15H2. The number of benzene rings is 2. The van der Waals surface area contributed by atoms with E-state index in [0.29, 0.717) is 15.6 Å². The van der Waals surface area contributed by atoms with E-state index >= 15 is 0 Å². The fraction of sp³-hybridized carbons (Fsp3) is 0. The van der Waals surface area contributed by atoms with E-state index in [4.69, 9.17) is 17.3 Å². The molecule has 16 heavy (non-hydrogen) atoms. The third-order valence-corrected chi connectivity index (χ3v) is 3.30. The third-order valence-electron chi connectivity index (χ3n) is 2.00. The smallest absolute Gasteiger partial charge is 0.138 e. The molecule has 82 valence electrons. The van der Waals surface area contributed by atoms with E-state index in [1.807, 2.05) is 12.1 Å². The Balaban J connectivity index is 2.23. The second-order valence-electron chi connectivity index (χ2n) is 3.25. The van der Waals surface area contributed by atoms with Gasteiger partial charge in [0, 0.05) is 20.5 Å². The minimum Gasteiger partial charge on any atom is -0.399 e. The second-order valence-corrected chi connectivity index (χ2v) is 4.80. The minimum atomic E-state index is -0.311. The molecule has 0 fully saturated rings. The van der Waals surface area contributed by atoms with Gasteiger partial charge < -0.3 is 5.73 Å². The largest absolute Gasteiger partial charge is 0.399 e. The maximum atomic E-state index is 13.5. The number of nitrogens with two attached hydrogens (primary N) is 1. The summed E-state index contributed by atoms with van der Waals surface area (Å²) in [4.78, 5) is 1.49. The van der Waals surface area contributed by atoms with Gasteiger partial charge in [-0.25, -0.2) is 4.39 Å². The Hall–Kier alpha value is -1.19. The Kier molecular flexibility index (Phi) is 3.36. The molecule has 0 atom stereocenters. The number of rotatable bonds is 2. The Morgan fingerprint density at radius 1 is 1.06 bits per heavy atom. The monoisotopic (exact) mass is 253 g/mol. The molecule has 0 aliphatic carbocycles. The van der Waals surface area contributed by atoms with Crippen LogP contribution in [0.15, 0.2) is 52.3 Å². The van der Waals surface area contributed by atoms with Crippen molar-refractivity contribution < 1.29 is 4.39 Å². The summed E-state index contributed by atoms with van der Waals surface area (Å²) in [5.41, 5.74) is 6.26. The molecule has 2 rings (SSSR count). The highest BCUT2D eigenvalue weighted by Gasteiger charge is 2.04. The lowest BCUT2D eigenvalue weighted by Gasteiger charge is -2.03. The van der Waals surface area contributed by atoms with Crippen molar-refractivity contribution in [3.63, 3.8) is 0 Å². The van der Waals surface area contributed by atoms with Crippen LogP contribution in [-0.4, -0.2) is 0 Å². The van der Waals surface area contributed by atoms with Gasteiger partial charge in [-0.3, -0.25) is 0 Å². The zero-order valence-electron chi connectivity index (χ0n) is 8.28. The summed E-state index contributed by atoms with van der Waals surface area (Å²) in [6, 6.07) is 11.9. The number of anilines is 1. The van der Waals surface area contributed by atoms with Gasteiger partial charge in [-0.2, -0.15) is 0 Å². The molecule has 2 aromatic rings. The lowest BCUT2D eigenvalue weighted by molar-refractivity contribution is 0.602. The van der Waals surface area contributed by atoms with Crippen LogP contribution in [-0.2, 0) is 0 Å². The van der Waals surface area contributed by atoms with Gasteiger partial charge in [0.1, 0.15) is 5.82 Å². The normalized spacial score (nSPS) is 10.4. The van der Waals surface area contributed by atoms with Gasteiger partial charge >= 0.3 is 0 Å². The third kappa shape index (κ3) is 2.68. The molecule has 0 amide bonds. The van der Waals surface area contributed by atoms with Crippen LogP contribution in [0, 0.1) is 5.82 Å². The number of nitrogen functional groups attached to an aromatic ring is 1. The van der Waals surface area contributed by atoms with Crippen LogP contribution in [0.1, 0.15) is 0 Å². The minimum absolute atomic E-state index is 0.311. The van der Waals surface area contributed by atoms with Crippen molar-refractivity contribution in [2.24, 2.45) is 0 Å². The number of halogens is 2. The second kappa shape index (κ2) is 4.76. The molecule has 0 saturated carbocycles. The van der Waals surface area contributed by atoms with Gasteiger partial charge in [0.2, 0.25) is 0 Å². The van der Waals surface area contributed by atoms with Crippen LogP contribution < -0.4 is 5.73 Å². The molecule has 0 unspecified atom stereocenters. The molecular weight excluding hydrogens is 245 g/mol. The summed E-state index contributed by atoms with van der Waals surface area (Å²) < 4.78 is 13.5. The highest BCUT2D eigenvalue weighted by Crippen LogP contribution is 2.31. The van der Waals surface area contributed by atoms with E-state index < -0.39 is 0 Å². The SMILES string of the molecule is Nc1ccc(Sc2ccc(Cl)cc2F)cc1. The van der Waals surface area contributed by atoms with Gasteiger partial charge in [-0.15, -0.1) is 0 Å². The van der Waals surface area contributed by atoms with Crippen LogP contribution in [0.3, 0.4) is 0 Å². The van der Waals surface area contributed by atoms with Crippen LogP contribution in [0.25, 0.3) is 0 Å². The van der Waals surface area contributed by atoms with Gasteiger partial charge in [-0.1, -0.05) is 23.4 Å². The molecule has 0 saturated heterocycles. The van der Waals surface area contributed by atoms with Gasteiger partial charge in [-0.05, 0) is 42.5 Å². The highest BCUT2D eigenvalue weighted by molar-refractivity contribution is 7.99. The topological polar surface area (TPSA) is 26.0 Å². The molecule has 0 radical (unpaired) electrons. The molecule has 0 aliphatic heterocycles. The Labute approximate surface area is 102 Å². The van der Waals surface area contributed by atoms with Crippen molar-refractivity contribution in [2.75, 3.05) is 5.73 Å². The van der Waals surface area contributed by atoms with Crippen molar-refractivity contribution in [2.45, 2.75) is 9.79 Å². The molecular formula is C12H9ClFNS. The molecule has 0 aromatic heterocycles. The van der Waals surface area contributed by atoms with E-state index in [1.165, 1.54) is 17.8 Å². The number of hydrogen-bond acceptors (Lipinski definition) is 2. The zero-order valence-corrected chi connectivity index (χ0v) is 9.86. The fourth-order valence-corrected chi connectivity index (χ4v) is 2.20. The maximum absolute atomic E-state index is 13.5. The van der Waals surface area contributed by atoms with Crippen molar-refractivity contribution in [3.05, 3.63) is 53.3 Å². The molecule has 2 N–H and O–H groups in total. The van der Waals surface area contributed by atoms with Crippen molar-refractivity contribution >= 4 is 29.1 Å². The Morgan fingerprint density at radius 3 is 2.38 bits per heavy atom. The summed E-state index contributed by atoms with van der Waals surface area (Å²) in [6.45, 7) is 0. The molecule has 0 bridgehead atoms. The quantitative estimate of drug-likeness (QED) is 0.812. The van der Waals surface area contributed by atoms with Crippen molar-refractivity contribution in [3.8, 4) is 0 Å². The Bertz CT molecular complexity index is 499. The van der Waals surface area contributed by atoms with Crippen LogP contribution in [0.5, 0.6) is 0 Å². The van der Waals surface area contributed by atoms with Crippen LogP contribution in [0.2, 0.25) is 5.02 Å². The van der Waals surface area contributed by atoms with Crippen molar-refractivity contribution in [1.29, 1.82) is 0 Å². The summed E-state index contributed by atoms with van der Waals surface area (Å²) in [5, 5.41) is 0.402. The molecule has 2 aromatic carbocycles. The van der Waals surface area contributed by atoms with E-state index in [0.717, 1.165) is 4.90 Å². The Morgan fingerprint density at radius 2 is 1.75 bits per heavy atom. The average molecular weight is 254 g/mol. The van der Waals surface area contributed by atoms with Gasteiger partial charge in [0.05, 0.1) is 0 Å². The van der Waals surface area contributed by atoms with Crippen LogP contribution in [0.4, 0.5) is 10.1 Å². The summed E-state index contributed by atoms with van der Waals surface area (Å²) in [7, 11) is 0. The van der Waals surface area contributed by atoms with Gasteiger partial charge in [0.15, 0.2) is 0 Å². The highest BCUT2D eigenvalue weighted by atomic mass is 35.5. The molecule has 0 heterocycles. The van der Waals surface area contributed by atoms with Gasteiger partial charge in [0.25, 0.3) is 0 Å². The molecule has 0 spiro atoms. The molecule has 4 heteroatoms. The summed E-state index contributed by atoms with van der Waals surface area (Å²) >= 11 is 7.02. The maximum Gasteiger partial charge on any atom is 0.138 e. The summed E-state index contributed by atoms with van der Waals surface area (Å²) in [6.07, 6.45) is 0. The first kappa shape index (κ1) is 11.3. The van der Waals surface area contributed by atoms with E-state index in [2.05, 4.69) is 0 Å². The lowest BCUT2D eigenvalue weighted by atomic mass is 10.3. The number of hydrogen-bond donors (Lipinski definition) is 1. The average Bonchev–Trinajstić information content (AvgIpc) is 2.25. The zero-order chi connectivity index (χ0) is 11.5.